The second kappa shape index (κ2) is 5.60. The molecule has 21 heavy (non-hydrogen) atoms. The highest BCUT2D eigenvalue weighted by atomic mass is 35.5. The lowest BCUT2D eigenvalue weighted by atomic mass is 10.2. The highest BCUT2D eigenvalue weighted by Gasteiger charge is 2.17. The average molecular weight is 345 g/mol. The van der Waals surface area contributed by atoms with Gasteiger partial charge in [0.2, 0.25) is 5.89 Å². The van der Waals surface area contributed by atoms with Crippen molar-refractivity contribution in [1.29, 1.82) is 0 Å². The summed E-state index contributed by atoms with van der Waals surface area (Å²) in [6.45, 7) is 0. The van der Waals surface area contributed by atoms with Crippen molar-refractivity contribution in [2.45, 2.75) is 0 Å². The molecule has 3 rings (SSSR count). The minimum atomic E-state index is -0.629. The van der Waals surface area contributed by atoms with Crippen molar-refractivity contribution in [3.8, 4) is 22.9 Å². The lowest BCUT2D eigenvalue weighted by Gasteiger charge is -2.01. The van der Waals surface area contributed by atoms with Gasteiger partial charge in [0.1, 0.15) is 11.0 Å². The van der Waals surface area contributed by atoms with E-state index in [0.717, 1.165) is 6.07 Å². The summed E-state index contributed by atoms with van der Waals surface area (Å²) >= 11 is 17.6. The molecule has 2 heterocycles. The predicted octanol–water partition coefficient (Wildman–Crippen LogP) is 4.90. The Morgan fingerprint density at radius 1 is 0.952 bits per heavy atom. The van der Waals surface area contributed by atoms with E-state index >= 15 is 0 Å². The molecule has 0 aliphatic heterocycles. The number of hydrogen-bond acceptors (Lipinski definition) is 4. The van der Waals surface area contributed by atoms with Crippen LogP contribution in [0.25, 0.3) is 22.9 Å². The van der Waals surface area contributed by atoms with Crippen LogP contribution in [0.3, 0.4) is 0 Å². The molecule has 1 aromatic carbocycles. The Labute approximate surface area is 133 Å². The van der Waals surface area contributed by atoms with Gasteiger partial charge in [-0.3, -0.25) is 0 Å². The van der Waals surface area contributed by atoms with Crippen LogP contribution in [0, 0.1) is 5.82 Å². The van der Waals surface area contributed by atoms with E-state index in [4.69, 9.17) is 39.2 Å². The number of aromatic nitrogens is 3. The molecular weight excluding hydrogens is 340 g/mol. The zero-order valence-electron chi connectivity index (χ0n) is 10.1. The number of rotatable bonds is 2. The molecule has 0 atom stereocenters. The van der Waals surface area contributed by atoms with Crippen molar-refractivity contribution in [3.63, 3.8) is 0 Å². The van der Waals surface area contributed by atoms with Crippen molar-refractivity contribution >= 4 is 34.8 Å². The Kier molecular flexibility index (Phi) is 3.80. The first-order valence-electron chi connectivity index (χ1n) is 5.65. The largest absolute Gasteiger partial charge is 0.416 e. The molecule has 0 aliphatic rings. The molecular formula is C13H5Cl3FN3O. The molecule has 0 spiro atoms. The molecule has 0 saturated heterocycles. The second-order valence-electron chi connectivity index (χ2n) is 4.00. The van der Waals surface area contributed by atoms with Crippen molar-refractivity contribution < 1.29 is 8.81 Å². The fourth-order valence-corrected chi connectivity index (χ4v) is 2.34. The second-order valence-corrected chi connectivity index (χ2v) is 5.17. The quantitative estimate of drug-likeness (QED) is 0.490. The maximum absolute atomic E-state index is 13.5. The fraction of sp³-hybridized carbons (Fsp3) is 0. The van der Waals surface area contributed by atoms with Crippen molar-refractivity contribution in [1.82, 2.24) is 15.2 Å². The summed E-state index contributed by atoms with van der Waals surface area (Å²) in [6.07, 6.45) is 1.54. The third kappa shape index (κ3) is 2.72. The van der Waals surface area contributed by atoms with Crippen molar-refractivity contribution in [2.75, 3.05) is 0 Å². The van der Waals surface area contributed by atoms with Crippen LogP contribution >= 0.6 is 34.8 Å². The smallest absolute Gasteiger partial charge is 0.251 e. The summed E-state index contributed by atoms with van der Waals surface area (Å²) in [5, 5.41) is 8.04. The van der Waals surface area contributed by atoms with E-state index in [9.17, 15) is 4.39 Å². The van der Waals surface area contributed by atoms with Gasteiger partial charge in [0.05, 0.1) is 21.2 Å². The Balaban J connectivity index is 2.07. The van der Waals surface area contributed by atoms with Gasteiger partial charge in [0.25, 0.3) is 5.89 Å². The molecule has 106 valence electrons. The normalized spacial score (nSPS) is 10.9. The SMILES string of the molecule is Fc1cc(-c2nnc(-c3cccnc3Cl)o2)c(Cl)cc1Cl. The third-order valence-corrected chi connectivity index (χ3v) is 3.56. The summed E-state index contributed by atoms with van der Waals surface area (Å²) in [7, 11) is 0. The molecule has 0 unspecified atom stereocenters. The van der Waals surface area contributed by atoms with Gasteiger partial charge in [-0.15, -0.1) is 10.2 Å². The summed E-state index contributed by atoms with van der Waals surface area (Å²) in [6, 6.07) is 5.76. The first-order valence-corrected chi connectivity index (χ1v) is 6.79. The van der Waals surface area contributed by atoms with Gasteiger partial charge in [-0.2, -0.15) is 0 Å². The van der Waals surface area contributed by atoms with Crippen LogP contribution in [0.1, 0.15) is 0 Å². The summed E-state index contributed by atoms with van der Waals surface area (Å²) in [4.78, 5) is 3.91. The van der Waals surface area contributed by atoms with E-state index in [1.54, 1.807) is 12.1 Å². The van der Waals surface area contributed by atoms with Gasteiger partial charge in [-0.25, -0.2) is 9.37 Å². The highest BCUT2D eigenvalue weighted by molar-refractivity contribution is 6.36. The van der Waals surface area contributed by atoms with Gasteiger partial charge >= 0.3 is 0 Å². The molecule has 0 saturated carbocycles. The zero-order chi connectivity index (χ0) is 15.0. The molecule has 4 nitrogen and oxygen atoms in total. The molecule has 0 amide bonds. The maximum Gasteiger partial charge on any atom is 0.251 e. The first-order chi connectivity index (χ1) is 10.1. The third-order valence-electron chi connectivity index (χ3n) is 2.65. The average Bonchev–Trinajstić information content (AvgIpc) is 2.92. The van der Waals surface area contributed by atoms with E-state index in [1.165, 1.54) is 12.3 Å². The molecule has 0 aliphatic carbocycles. The molecule has 3 aromatic rings. The molecule has 0 N–H and O–H groups in total. The summed E-state index contributed by atoms with van der Waals surface area (Å²) in [5.74, 6) is -0.407. The lowest BCUT2D eigenvalue weighted by Crippen LogP contribution is -1.84. The minimum Gasteiger partial charge on any atom is -0.416 e. The van der Waals surface area contributed by atoms with Crippen LogP contribution in [-0.4, -0.2) is 15.2 Å². The van der Waals surface area contributed by atoms with Crippen LogP contribution in [-0.2, 0) is 0 Å². The summed E-state index contributed by atoms with van der Waals surface area (Å²) in [5.41, 5.74) is 0.723. The van der Waals surface area contributed by atoms with Crippen molar-refractivity contribution in [3.05, 3.63) is 51.5 Å². The van der Waals surface area contributed by atoms with E-state index in [1.807, 2.05) is 0 Å². The molecule has 0 fully saturated rings. The van der Waals surface area contributed by atoms with Gasteiger partial charge in [0.15, 0.2) is 0 Å². The van der Waals surface area contributed by atoms with E-state index in [0.29, 0.717) is 5.56 Å². The van der Waals surface area contributed by atoms with Crippen LogP contribution in [0.15, 0.2) is 34.9 Å². The first kappa shape index (κ1) is 14.3. The van der Waals surface area contributed by atoms with Gasteiger partial charge in [-0.05, 0) is 24.3 Å². The molecule has 0 radical (unpaired) electrons. The topological polar surface area (TPSA) is 51.8 Å². The molecule has 0 bridgehead atoms. The number of halogens is 4. The van der Waals surface area contributed by atoms with Crippen molar-refractivity contribution in [2.24, 2.45) is 0 Å². The highest BCUT2D eigenvalue weighted by Crippen LogP contribution is 2.33. The van der Waals surface area contributed by atoms with Gasteiger partial charge in [-0.1, -0.05) is 34.8 Å². The van der Waals surface area contributed by atoms with E-state index in [2.05, 4.69) is 15.2 Å². The van der Waals surface area contributed by atoms with Crippen LogP contribution in [0.5, 0.6) is 0 Å². The predicted molar refractivity (Wildman–Crippen MR) is 78.0 cm³/mol. The number of pyridine rings is 1. The van der Waals surface area contributed by atoms with Gasteiger partial charge < -0.3 is 4.42 Å². The molecule has 2 aromatic heterocycles. The fourth-order valence-electron chi connectivity index (χ4n) is 1.67. The lowest BCUT2D eigenvalue weighted by molar-refractivity contribution is 0.582. The Morgan fingerprint density at radius 2 is 1.67 bits per heavy atom. The Hall–Kier alpha value is -1.69. The van der Waals surface area contributed by atoms with Crippen LogP contribution < -0.4 is 0 Å². The monoisotopic (exact) mass is 343 g/mol. The minimum absolute atomic E-state index is 0.0606. The van der Waals surface area contributed by atoms with E-state index < -0.39 is 5.82 Å². The Morgan fingerprint density at radius 3 is 2.38 bits per heavy atom. The van der Waals surface area contributed by atoms with Gasteiger partial charge in [0, 0.05) is 6.20 Å². The number of hydrogen-bond donors (Lipinski definition) is 0. The zero-order valence-corrected chi connectivity index (χ0v) is 12.4. The standard InChI is InChI=1S/C13H5Cl3FN3O/c14-8-5-9(15)10(17)4-7(8)13-20-19-12(21-13)6-2-1-3-18-11(6)16/h1-5H. The molecule has 8 heteroatoms. The summed E-state index contributed by atoms with van der Waals surface area (Å²) < 4.78 is 19.0. The van der Waals surface area contributed by atoms with Crippen LogP contribution in [0.2, 0.25) is 15.2 Å². The van der Waals surface area contributed by atoms with E-state index in [-0.39, 0.29) is 32.5 Å². The maximum atomic E-state index is 13.5. The number of benzene rings is 1. The Bertz CT molecular complexity index is 822. The number of nitrogens with zero attached hydrogens (tertiary/aromatic N) is 3. The van der Waals surface area contributed by atoms with Crippen LogP contribution in [0.4, 0.5) is 4.39 Å².